The van der Waals surface area contributed by atoms with Crippen molar-refractivity contribution in [1.82, 2.24) is 19.7 Å². The first-order chi connectivity index (χ1) is 24.3. The SMILES string of the molecule is COC1CN(C(C)C)C(=Nc2ccc(N3CCN(c4ccc(OC[C@@H]5CO[C@@](Cn6cncn6)(c6ccc(Cl)cc6Cl)O5)cc4)CC3)cc2)S1. The number of aromatic nitrogens is 3. The van der Waals surface area contributed by atoms with Gasteiger partial charge in [-0.1, -0.05) is 41.0 Å². The minimum Gasteiger partial charge on any atom is -0.491 e. The average molecular weight is 739 g/mol. The monoisotopic (exact) mass is 737 g/mol. The Bertz CT molecular complexity index is 1760. The van der Waals surface area contributed by atoms with Crippen LogP contribution in [0.4, 0.5) is 17.1 Å². The van der Waals surface area contributed by atoms with E-state index in [0.29, 0.717) is 34.9 Å². The highest BCUT2D eigenvalue weighted by molar-refractivity contribution is 8.14. The maximum Gasteiger partial charge on any atom is 0.217 e. The number of hydrogen-bond acceptors (Lipinski definition) is 10. The second-order valence-corrected chi connectivity index (χ2v) is 14.7. The van der Waals surface area contributed by atoms with Crippen LogP contribution in [0.1, 0.15) is 19.4 Å². The highest BCUT2D eigenvalue weighted by atomic mass is 35.5. The Morgan fingerprint density at radius 3 is 2.30 bits per heavy atom. The van der Waals surface area contributed by atoms with Crippen LogP contribution in [0, 0.1) is 0 Å². The molecule has 3 fully saturated rings. The third kappa shape index (κ3) is 7.85. The topological polar surface area (TPSA) is 89.7 Å². The molecular weight excluding hydrogens is 697 g/mol. The summed E-state index contributed by atoms with van der Waals surface area (Å²) in [6.45, 7) is 9.89. The van der Waals surface area contributed by atoms with Gasteiger partial charge in [0.05, 0.1) is 23.9 Å². The van der Waals surface area contributed by atoms with Gasteiger partial charge in [-0.3, -0.25) is 0 Å². The third-order valence-electron chi connectivity index (χ3n) is 9.11. The standard InChI is InChI=1S/C36H41Cl2N7O4S/c1-25(2)45-19-34(46-3)50-35(45)41-27-5-7-28(8-6-27)42-14-16-43(17-15-42)29-9-11-30(12-10-29)47-20-31-21-48-36(49-31,22-44-24-39-23-40-44)32-13-4-26(37)18-33(32)38/h4-13,18,23-25,31,34H,14-17,19-22H2,1-3H3/t31-,34?,36-/m1/s1. The van der Waals surface area contributed by atoms with Gasteiger partial charge in [0.2, 0.25) is 5.79 Å². The summed E-state index contributed by atoms with van der Waals surface area (Å²) in [6.07, 6.45) is 2.77. The first-order valence-corrected chi connectivity index (χ1v) is 18.4. The van der Waals surface area contributed by atoms with Gasteiger partial charge < -0.3 is 33.6 Å². The van der Waals surface area contributed by atoms with Gasteiger partial charge in [0.1, 0.15) is 43.1 Å². The van der Waals surface area contributed by atoms with E-state index in [-0.39, 0.29) is 18.1 Å². The lowest BCUT2D eigenvalue weighted by Gasteiger charge is -2.37. The van der Waals surface area contributed by atoms with E-state index in [9.17, 15) is 0 Å². The minimum absolute atomic E-state index is 0.122. The van der Waals surface area contributed by atoms with E-state index in [1.165, 1.54) is 17.7 Å². The smallest absolute Gasteiger partial charge is 0.217 e. The summed E-state index contributed by atoms with van der Waals surface area (Å²) in [5.74, 6) is -0.382. The lowest BCUT2D eigenvalue weighted by molar-refractivity contribution is -0.190. The third-order valence-corrected chi connectivity index (χ3v) is 10.8. The lowest BCUT2D eigenvalue weighted by Crippen LogP contribution is -2.46. The van der Waals surface area contributed by atoms with Crippen LogP contribution >= 0.6 is 35.0 Å². The molecule has 3 saturated heterocycles. The molecule has 50 heavy (non-hydrogen) atoms. The number of ether oxygens (including phenoxy) is 4. The van der Waals surface area contributed by atoms with Crippen LogP contribution in [0.3, 0.4) is 0 Å². The number of methoxy groups -OCH3 is 1. The Kier molecular flexibility index (Phi) is 10.7. The second-order valence-electron chi connectivity index (χ2n) is 12.7. The van der Waals surface area contributed by atoms with E-state index >= 15 is 0 Å². The quantitative estimate of drug-likeness (QED) is 0.166. The highest BCUT2D eigenvalue weighted by Crippen LogP contribution is 2.40. The van der Waals surface area contributed by atoms with Crippen LogP contribution < -0.4 is 14.5 Å². The molecule has 7 rings (SSSR count). The van der Waals surface area contributed by atoms with Crippen LogP contribution in [-0.4, -0.2) is 95.5 Å². The number of halogens is 2. The number of benzene rings is 3. The number of anilines is 2. The largest absolute Gasteiger partial charge is 0.491 e. The number of hydrogen-bond donors (Lipinski definition) is 0. The van der Waals surface area contributed by atoms with Gasteiger partial charge in [-0.25, -0.2) is 14.7 Å². The molecule has 0 aliphatic carbocycles. The van der Waals surface area contributed by atoms with Gasteiger partial charge in [0, 0.05) is 61.3 Å². The molecule has 264 valence electrons. The zero-order valence-electron chi connectivity index (χ0n) is 28.3. The first kappa shape index (κ1) is 34.9. The fourth-order valence-electron chi connectivity index (χ4n) is 6.40. The van der Waals surface area contributed by atoms with Crippen molar-refractivity contribution >= 4 is 57.2 Å². The van der Waals surface area contributed by atoms with Gasteiger partial charge in [-0.2, -0.15) is 5.10 Å². The van der Waals surface area contributed by atoms with Crippen molar-refractivity contribution < 1.29 is 18.9 Å². The van der Waals surface area contributed by atoms with Crippen molar-refractivity contribution in [3.05, 3.63) is 95.0 Å². The summed E-state index contributed by atoms with van der Waals surface area (Å²) in [4.78, 5) is 16.1. The molecular formula is C36H41Cl2N7O4S. The molecule has 0 spiro atoms. The Balaban J connectivity index is 0.913. The van der Waals surface area contributed by atoms with Crippen LogP contribution in [0.2, 0.25) is 10.0 Å². The van der Waals surface area contributed by atoms with E-state index < -0.39 is 5.79 Å². The van der Waals surface area contributed by atoms with Crippen molar-refractivity contribution in [2.45, 2.75) is 43.8 Å². The molecule has 3 aliphatic heterocycles. The number of thioether (sulfide) groups is 1. The molecule has 4 heterocycles. The maximum atomic E-state index is 6.59. The number of amidine groups is 1. The number of piperazine rings is 1. The number of nitrogens with zero attached hydrogens (tertiary/aromatic N) is 7. The van der Waals surface area contributed by atoms with Crippen LogP contribution in [0.25, 0.3) is 0 Å². The van der Waals surface area contributed by atoms with E-state index in [1.54, 1.807) is 42.0 Å². The van der Waals surface area contributed by atoms with E-state index in [2.05, 4.69) is 75.0 Å². The summed E-state index contributed by atoms with van der Waals surface area (Å²) in [5.41, 5.74) is 4.15. The van der Waals surface area contributed by atoms with Gasteiger partial charge in [-0.05, 0) is 74.5 Å². The van der Waals surface area contributed by atoms with Crippen LogP contribution in [0.15, 0.2) is 84.4 Å². The molecule has 0 radical (unpaired) electrons. The van der Waals surface area contributed by atoms with E-state index in [0.717, 1.165) is 49.3 Å². The lowest BCUT2D eigenvalue weighted by atomic mass is 10.1. The molecule has 1 aromatic heterocycles. The molecule has 3 aliphatic rings. The molecule has 3 atom stereocenters. The van der Waals surface area contributed by atoms with Crippen LogP contribution in [-0.2, 0) is 26.5 Å². The second kappa shape index (κ2) is 15.4. The molecule has 0 amide bonds. The molecule has 0 bridgehead atoms. The van der Waals surface area contributed by atoms with Gasteiger partial charge in [0.25, 0.3) is 0 Å². The Labute approximate surface area is 307 Å². The first-order valence-electron chi connectivity index (χ1n) is 16.8. The van der Waals surface area contributed by atoms with E-state index in [1.807, 2.05) is 18.2 Å². The molecule has 3 aromatic carbocycles. The average Bonchev–Trinajstić information content (AvgIpc) is 3.89. The molecule has 1 unspecified atom stereocenters. The summed E-state index contributed by atoms with van der Waals surface area (Å²) in [7, 11) is 1.76. The number of rotatable bonds is 11. The zero-order chi connectivity index (χ0) is 34.7. The zero-order valence-corrected chi connectivity index (χ0v) is 30.7. The summed E-state index contributed by atoms with van der Waals surface area (Å²) >= 11 is 14.4. The maximum absolute atomic E-state index is 6.59. The van der Waals surface area contributed by atoms with Crippen molar-refractivity contribution in [2.24, 2.45) is 4.99 Å². The fraction of sp³-hybridized carbons (Fsp3) is 0.417. The Morgan fingerprint density at radius 1 is 0.980 bits per heavy atom. The molecule has 11 nitrogen and oxygen atoms in total. The Hall–Kier alpha value is -3.52. The molecule has 14 heteroatoms. The fourth-order valence-corrected chi connectivity index (χ4v) is 8.10. The number of aliphatic imine (C=N–C) groups is 1. The summed E-state index contributed by atoms with van der Waals surface area (Å²) < 4.78 is 26.2. The predicted octanol–water partition coefficient (Wildman–Crippen LogP) is 6.68. The molecule has 0 saturated carbocycles. The van der Waals surface area contributed by atoms with Crippen LogP contribution in [0.5, 0.6) is 5.75 Å². The van der Waals surface area contributed by atoms with Gasteiger partial charge in [0.15, 0.2) is 5.17 Å². The minimum atomic E-state index is -1.15. The normalized spacial score (nSPS) is 23.4. The predicted molar refractivity (Wildman–Crippen MR) is 199 cm³/mol. The molecule has 4 aromatic rings. The van der Waals surface area contributed by atoms with E-state index in [4.69, 9.17) is 47.1 Å². The summed E-state index contributed by atoms with van der Waals surface area (Å²) in [5, 5.41) is 6.25. The van der Waals surface area contributed by atoms with Crippen molar-refractivity contribution in [3.8, 4) is 5.75 Å². The van der Waals surface area contributed by atoms with Crippen molar-refractivity contribution in [1.29, 1.82) is 0 Å². The molecule has 0 N–H and O–H groups in total. The van der Waals surface area contributed by atoms with Gasteiger partial charge >= 0.3 is 0 Å². The van der Waals surface area contributed by atoms with Gasteiger partial charge in [-0.15, -0.1) is 0 Å². The Morgan fingerprint density at radius 2 is 1.68 bits per heavy atom. The summed E-state index contributed by atoms with van der Waals surface area (Å²) in [6, 6.07) is 22.5. The van der Waals surface area contributed by atoms with Crippen molar-refractivity contribution in [3.63, 3.8) is 0 Å². The van der Waals surface area contributed by atoms with Crippen molar-refractivity contribution in [2.75, 3.05) is 62.8 Å². The highest BCUT2D eigenvalue weighted by Gasteiger charge is 2.45.